The van der Waals surface area contributed by atoms with Crippen LogP contribution >= 0.6 is 0 Å². The molecule has 2 N–H and O–H groups in total. The van der Waals surface area contributed by atoms with Crippen LogP contribution in [0.4, 0.5) is 4.39 Å². The maximum Gasteiger partial charge on any atom is 0.222 e. The van der Waals surface area contributed by atoms with Gasteiger partial charge in [0.05, 0.1) is 12.7 Å². The number of hydrogen-bond donors (Lipinski definition) is 2. The summed E-state index contributed by atoms with van der Waals surface area (Å²) in [5.41, 5.74) is 1.87. The SMILES string of the molecule is CCC(=O)N(CCCCCC[C@@H]1Cc2cc(O)ccc2[C@@H]2[C@@H]1[C@@H]1CC[C@H](O)[C@@]1(C)C[C@@H]2F)CCOC. The number of alkyl halides is 1. The number of hydrogen-bond acceptors (Lipinski definition) is 4. The molecule has 0 aliphatic heterocycles. The molecule has 0 unspecified atom stereocenters. The van der Waals surface area contributed by atoms with E-state index >= 15 is 4.39 Å². The third kappa shape index (κ3) is 5.45. The van der Waals surface area contributed by atoms with E-state index in [2.05, 4.69) is 6.92 Å². The maximum absolute atomic E-state index is 15.9. The van der Waals surface area contributed by atoms with Gasteiger partial charge in [0, 0.05) is 32.5 Å². The molecule has 36 heavy (non-hydrogen) atoms. The molecule has 7 atom stereocenters. The fourth-order valence-corrected chi connectivity index (χ4v) is 7.88. The lowest BCUT2D eigenvalue weighted by molar-refractivity contribution is -0.131. The molecule has 1 aromatic carbocycles. The molecule has 6 heteroatoms. The number of phenolic OH excluding ortho intramolecular Hbond substituents is 1. The molecule has 202 valence electrons. The van der Waals surface area contributed by atoms with Crippen LogP contribution in [0, 0.1) is 23.2 Å². The number of ether oxygens (including phenoxy) is 1. The summed E-state index contributed by atoms with van der Waals surface area (Å²) in [6.07, 6.45) is 7.54. The zero-order valence-electron chi connectivity index (χ0n) is 22.4. The molecule has 2 saturated carbocycles. The highest BCUT2D eigenvalue weighted by Gasteiger charge is 2.59. The summed E-state index contributed by atoms with van der Waals surface area (Å²) in [6.45, 7) is 6.01. The number of rotatable bonds is 11. The quantitative estimate of drug-likeness (QED) is 0.385. The molecule has 0 radical (unpaired) electrons. The van der Waals surface area contributed by atoms with Crippen molar-refractivity contribution in [2.75, 3.05) is 26.8 Å². The summed E-state index contributed by atoms with van der Waals surface area (Å²) < 4.78 is 21.0. The Labute approximate surface area is 216 Å². The molecule has 0 saturated heterocycles. The van der Waals surface area contributed by atoms with E-state index in [4.69, 9.17) is 4.74 Å². The Morgan fingerprint density at radius 2 is 1.97 bits per heavy atom. The van der Waals surface area contributed by atoms with Gasteiger partial charge in [-0.3, -0.25) is 4.79 Å². The van der Waals surface area contributed by atoms with Crippen molar-refractivity contribution in [3.05, 3.63) is 29.3 Å². The van der Waals surface area contributed by atoms with Crippen molar-refractivity contribution >= 4 is 5.91 Å². The number of phenols is 1. The Morgan fingerprint density at radius 1 is 1.19 bits per heavy atom. The van der Waals surface area contributed by atoms with E-state index in [0.717, 1.165) is 69.0 Å². The lowest BCUT2D eigenvalue weighted by Crippen LogP contribution is -2.51. The molecule has 5 nitrogen and oxygen atoms in total. The van der Waals surface area contributed by atoms with Crippen LogP contribution in [0.25, 0.3) is 0 Å². The summed E-state index contributed by atoms with van der Waals surface area (Å²) in [4.78, 5) is 14.1. The van der Waals surface area contributed by atoms with Crippen molar-refractivity contribution in [1.29, 1.82) is 0 Å². The number of unbranched alkanes of at least 4 members (excludes halogenated alkanes) is 3. The average molecular weight is 504 g/mol. The molecule has 0 aromatic heterocycles. The Kier molecular flexibility index (Phi) is 8.98. The van der Waals surface area contributed by atoms with Crippen molar-refractivity contribution in [2.24, 2.45) is 23.2 Å². The Bertz CT molecular complexity index is 894. The first kappa shape index (κ1) is 27.4. The van der Waals surface area contributed by atoms with Gasteiger partial charge in [0.15, 0.2) is 0 Å². The number of aliphatic hydroxyl groups excluding tert-OH is 1. The number of carbonyl (C=O) groups is 1. The van der Waals surface area contributed by atoms with E-state index in [9.17, 15) is 15.0 Å². The fourth-order valence-electron chi connectivity index (χ4n) is 7.88. The second-order valence-electron chi connectivity index (χ2n) is 11.8. The first-order chi connectivity index (χ1) is 17.3. The number of amides is 1. The molecule has 1 amide bonds. The smallest absolute Gasteiger partial charge is 0.222 e. The zero-order valence-corrected chi connectivity index (χ0v) is 22.4. The average Bonchev–Trinajstić information content (AvgIpc) is 3.15. The maximum atomic E-state index is 15.9. The summed E-state index contributed by atoms with van der Waals surface area (Å²) in [5.74, 6) is 1.29. The van der Waals surface area contributed by atoms with Gasteiger partial charge < -0.3 is 19.8 Å². The van der Waals surface area contributed by atoms with Crippen LogP contribution in [0.2, 0.25) is 0 Å². The minimum Gasteiger partial charge on any atom is -0.508 e. The van der Waals surface area contributed by atoms with Crippen LogP contribution in [0.3, 0.4) is 0 Å². The minimum absolute atomic E-state index is 0.128. The number of fused-ring (bicyclic) bond motifs is 5. The second kappa shape index (κ2) is 11.8. The molecule has 3 aliphatic carbocycles. The van der Waals surface area contributed by atoms with Gasteiger partial charge in [0.1, 0.15) is 11.9 Å². The van der Waals surface area contributed by atoms with Crippen LogP contribution < -0.4 is 0 Å². The van der Waals surface area contributed by atoms with Crippen LogP contribution in [-0.4, -0.2) is 60.1 Å². The van der Waals surface area contributed by atoms with Crippen LogP contribution in [-0.2, 0) is 16.0 Å². The van der Waals surface area contributed by atoms with Crippen molar-refractivity contribution in [3.63, 3.8) is 0 Å². The van der Waals surface area contributed by atoms with Crippen LogP contribution in [0.1, 0.15) is 88.7 Å². The highest BCUT2D eigenvalue weighted by atomic mass is 19.1. The van der Waals surface area contributed by atoms with Gasteiger partial charge >= 0.3 is 0 Å². The van der Waals surface area contributed by atoms with Crippen molar-refractivity contribution in [1.82, 2.24) is 4.90 Å². The van der Waals surface area contributed by atoms with Crippen molar-refractivity contribution in [2.45, 2.75) is 96.2 Å². The minimum atomic E-state index is -0.954. The van der Waals surface area contributed by atoms with Crippen molar-refractivity contribution in [3.8, 4) is 5.75 Å². The van der Waals surface area contributed by atoms with E-state index in [0.29, 0.717) is 37.8 Å². The number of carbonyl (C=O) groups excluding carboxylic acids is 1. The molecule has 0 bridgehead atoms. The van der Waals surface area contributed by atoms with Gasteiger partial charge in [-0.05, 0) is 85.0 Å². The van der Waals surface area contributed by atoms with Crippen LogP contribution in [0.15, 0.2) is 18.2 Å². The Hall–Kier alpha value is -1.66. The largest absolute Gasteiger partial charge is 0.508 e. The molecular weight excluding hydrogens is 457 g/mol. The predicted octanol–water partition coefficient (Wildman–Crippen LogP) is 5.62. The summed E-state index contributed by atoms with van der Waals surface area (Å²) in [7, 11) is 1.66. The summed E-state index contributed by atoms with van der Waals surface area (Å²) in [6, 6.07) is 5.51. The standard InChI is InChI=1S/C30H46FNO4/c1-4-27(35)32(15-16-36-3)14-8-6-5-7-9-20-17-21-18-22(33)10-11-23(21)29-25(31)19-30(2)24(28(20)29)12-13-26(30)34/h10-11,18,20,24-26,28-29,33-34H,4-9,12-17,19H2,1-3H3/t20-,24+,25+,26+,28+,29+,30+/m1/s1. The van der Waals surface area contributed by atoms with E-state index in [1.54, 1.807) is 13.2 Å². The molecule has 3 aliphatic rings. The number of aromatic hydroxyl groups is 1. The monoisotopic (exact) mass is 503 g/mol. The Balaban J connectivity index is 1.39. The van der Waals surface area contributed by atoms with Gasteiger partial charge in [-0.2, -0.15) is 0 Å². The lowest BCUT2D eigenvalue weighted by Gasteiger charge is -2.54. The number of methoxy groups -OCH3 is 1. The van der Waals surface area contributed by atoms with Gasteiger partial charge in [-0.25, -0.2) is 4.39 Å². The van der Waals surface area contributed by atoms with E-state index in [1.165, 1.54) is 0 Å². The highest BCUT2D eigenvalue weighted by molar-refractivity contribution is 5.75. The second-order valence-corrected chi connectivity index (χ2v) is 11.8. The number of nitrogens with zero attached hydrogens (tertiary/aromatic N) is 1. The molecule has 4 rings (SSSR count). The molecular formula is C30H46FNO4. The van der Waals surface area contributed by atoms with E-state index < -0.39 is 12.3 Å². The van der Waals surface area contributed by atoms with Gasteiger partial charge in [0.25, 0.3) is 0 Å². The number of benzene rings is 1. The van der Waals surface area contributed by atoms with E-state index in [1.807, 2.05) is 24.0 Å². The van der Waals surface area contributed by atoms with Crippen LogP contribution in [0.5, 0.6) is 5.75 Å². The third-order valence-electron chi connectivity index (χ3n) is 9.75. The highest BCUT2D eigenvalue weighted by Crippen LogP contribution is 2.63. The van der Waals surface area contributed by atoms with Gasteiger partial charge in [-0.15, -0.1) is 0 Å². The fraction of sp³-hybridized carbons (Fsp3) is 0.767. The molecule has 0 spiro atoms. The van der Waals surface area contributed by atoms with E-state index in [-0.39, 0.29) is 28.9 Å². The summed E-state index contributed by atoms with van der Waals surface area (Å²) >= 11 is 0. The lowest BCUT2D eigenvalue weighted by atomic mass is 9.51. The number of halogens is 1. The third-order valence-corrected chi connectivity index (χ3v) is 9.75. The van der Waals surface area contributed by atoms with Gasteiger partial charge in [0.2, 0.25) is 5.91 Å². The first-order valence-corrected chi connectivity index (χ1v) is 14.2. The number of aliphatic hydroxyl groups is 1. The summed E-state index contributed by atoms with van der Waals surface area (Å²) in [5, 5.41) is 20.9. The molecule has 1 aromatic rings. The van der Waals surface area contributed by atoms with Gasteiger partial charge in [-0.1, -0.05) is 39.2 Å². The molecule has 2 fully saturated rings. The first-order valence-electron chi connectivity index (χ1n) is 14.2. The topological polar surface area (TPSA) is 70.0 Å². The van der Waals surface area contributed by atoms with Crippen molar-refractivity contribution < 1.29 is 24.1 Å². The predicted molar refractivity (Wildman–Crippen MR) is 140 cm³/mol. The molecule has 0 heterocycles. The Morgan fingerprint density at radius 3 is 2.72 bits per heavy atom. The zero-order chi connectivity index (χ0) is 25.9. The normalized spacial score (nSPS) is 33.0.